The fourth-order valence-corrected chi connectivity index (χ4v) is 2.41. The number of hydrogen-bond acceptors (Lipinski definition) is 6. The second kappa shape index (κ2) is 5.65. The monoisotopic (exact) mass is 344 g/mol. The summed E-state index contributed by atoms with van der Waals surface area (Å²) in [4.78, 5) is 41.2. The van der Waals surface area contributed by atoms with E-state index in [1.807, 2.05) is 4.98 Å². The molecule has 3 atom stereocenters. The Morgan fingerprint density at radius 2 is 2.09 bits per heavy atom. The van der Waals surface area contributed by atoms with Gasteiger partial charge in [-0.2, -0.15) is 8.78 Å². The minimum Gasteiger partial charge on any atom is -0.390 e. The van der Waals surface area contributed by atoms with Crippen LogP contribution in [0.4, 0.5) is 8.78 Å². The summed E-state index contributed by atoms with van der Waals surface area (Å²) in [6, 6.07) is 0.939. The first kappa shape index (κ1) is 16.9. The molecule has 0 radical (unpaired) electrons. The Kier molecular flexibility index (Phi) is 4.35. The first-order chi connectivity index (χ1) is 9.99. The zero-order chi connectivity index (χ0) is 16.7. The molecule has 1 aliphatic rings. The number of ether oxygens (including phenoxy) is 1. The molecule has 1 saturated heterocycles. The van der Waals surface area contributed by atoms with Crippen LogP contribution in [0.15, 0.2) is 21.9 Å². The zero-order valence-electron chi connectivity index (χ0n) is 10.6. The molecule has 0 saturated carbocycles. The van der Waals surface area contributed by atoms with Gasteiger partial charge in [-0.05, 0) is 0 Å². The van der Waals surface area contributed by atoms with Crippen molar-refractivity contribution < 1.29 is 37.5 Å². The standard InChI is InChI=1S/C9H11F2N2O8P/c10-9(11,21-22(17,18)19)7-4(14)3-6(20-7)13-2-1-5(15)12-8(13)16/h1-2,4,6-7,14H,3H2,(H,12,15,16)(H2,17,18,19)/t4-,6+,7-/m0/s1. The summed E-state index contributed by atoms with van der Waals surface area (Å²) < 4.78 is 46.5. The lowest BCUT2D eigenvalue weighted by Gasteiger charge is -2.24. The molecular formula is C9H11F2N2O8P. The van der Waals surface area contributed by atoms with Crippen LogP contribution >= 0.6 is 7.82 Å². The van der Waals surface area contributed by atoms with E-state index in [0.29, 0.717) is 0 Å². The Morgan fingerprint density at radius 1 is 1.45 bits per heavy atom. The van der Waals surface area contributed by atoms with Gasteiger partial charge in [0.1, 0.15) is 6.23 Å². The number of rotatable bonds is 4. The van der Waals surface area contributed by atoms with Crippen LogP contribution in [0.3, 0.4) is 0 Å². The van der Waals surface area contributed by atoms with Gasteiger partial charge in [-0.3, -0.25) is 14.3 Å². The highest BCUT2D eigenvalue weighted by Crippen LogP contribution is 2.47. The van der Waals surface area contributed by atoms with E-state index in [2.05, 4.69) is 4.52 Å². The number of halogens is 2. The van der Waals surface area contributed by atoms with Crippen molar-refractivity contribution in [1.82, 2.24) is 9.55 Å². The molecule has 1 aliphatic heterocycles. The molecule has 2 heterocycles. The van der Waals surface area contributed by atoms with Crippen LogP contribution < -0.4 is 11.2 Å². The number of H-pyrrole nitrogens is 1. The van der Waals surface area contributed by atoms with Crippen LogP contribution in [-0.2, 0) is 13.8 Å². The van der Waals surface area contributed by atoms with E-state index in [4.69, 9.17) is 14.5 Å². The van der Waals surface area contributed by atoms with Crippen LogP contribution in [0.2, 0.25) is 0 Å². The third kappa shape index (κ3) is 3.66. The number of nitrogens with one attached hydrogen (secondary N) is 1. The van der Waals surface area contributed by atoms with Gasteiger partial charge in [-0.25, -0.2) is 13.9 Å². The van der Waals surface area contributed by atoms with Crippen molar-refractivity contribution in [1.29, 1.82) is 0 Å². The highest BCUT2D eigenvalue weighted by Gasteiger charge is 2.55. The second-order valence-electron chi connectivity index (χ2n) is 4.48. The summed E-state index contributed by atoms with van der Waals surface area (Å²) in [6.45, 7) is 0. The molecule has 10 nitrogen and oxygen atoms in total. The van der Waals surface area contributed by atoms with Crippen molar-refractivity contribution in [2.24, 2.45) is 0 Å². The predicted molar refractivity (Wildman–Crippen MR) is 63.9 cm³/mol. The maximum Gasteiger partial charge on any atom is 0.474 e. The van der Waals surface area contributed by atoms with Gasteiger partial charge in [0, 0.05) is 18.7 Å². The van der Waals surface area contributed by atoms with E-state index >= 15 is 0 Å². The van der Waals surface area contributed by atoms with Crippen molar-refractivity contribution in [2.45, 2.75) is 31.0 Å². The summed E-state index contributed by atoms with van der Waals surface area (Å²) in [6.07, 6.45) is -9.61. The smallest absolute Gasteiger partial charge is 0.390 e. The van der Waals surface area contributed by atoms with Gasteiger partial charge in [0.05, 0.1) is 6.10 Å². The molecule has 1 fully saturated rings. The summed E-state index contributed by atoms with van der Waals surface area (Å²) in [7, 11) is -5.53. The molecule has 0 unspecified atom stereocenters. The molecule has 0 spiro atoms. The molecule has 0 amide bonds. The number of aromatic nitrogens is 2. The zero-order valence-corrected chi connectivity index (χ0v) is 11.5. The van der Waals surface area contributed by atoms with E-state index in [1.165, 1.54) is 0 Å². The van der Waals surface area contributed by atoms with Crippen molar-refractivity contribution in [2.75, 3.05) is 0 Å². The number of hydrogen-bond donors (Lipinski definition) is 4. The van der Waals surface area contributed by atoms with Crippen molar-refractivity contribution in [3.8, 4) is 0 Å². The summed E-state index contributed by atoms with van der Waals surface area (Å²) >= 11 is 0. The number of nitrogens with zero attached hydrogens (tertiary/aromatic N) is 1. The molecule has 2 rings (SSSR count). The predicted octanol–water partition coefficient (Wildman–Crippen LogP) is -1.11. The van der Waals surface area contributed by atoms with Gasteiger partial charge in [0.15, 0.2) is 6.10 Å². The molecule has 0 aromatic carbocycles. The molecule has 124 valence electrons. The van der Waals surface area contributed by atoms with Gasteiger partial charge < -0.3 is 19.6 Å². The molecule has 1 aromatic rings. The van der Waals surface area contributed by atoms with Crippen LogP contribution in [0.25, 0.3) is 0 Å². The highest BCUT2D eigenvalue weighted by molar-refractivity contribution is 7.46. The molecular weight excluding hydrogens is 333 g/mol. The molecule has 0 bridgehead atoms. The van der Waals surface area contributed by atoms with Crippen LogP contribution in [-0.4, -0.2) is 42.8 Å². The SMILES string of the molecule is O=c1ccn([C@H]2C[C@H](O)[C@@H](C(F)(F)OP(=O)(O)O)O2)c(=O)[nH]1. The van der Waals surface area contributed by atoms with Gasteiger partial charge >= 0.3 is 19.6 Å². The molecule has 4 N–H and O–H groups in total. The lowest BCUT2D eigenvalue weighted by atomic mass is 10.1. The third-order valence-electron chi connectivity index (χ3n) is 2.83. The Morgan fingerprint density at radius 3 is 2.64 bits per heavy atom. The van der Waals surface area contributed by atoms with Crippen molar-refractivity contribution >= 4 is 7.82 Å². The largest absolute Gasteiger partial charge is 0.474 e. The summed E-state index contributed by atoms with van der Waals surface area (Å²) in [5.41, 5.74) is -1.67. The number of alkyl halides is 2. The van der Waals surface area contributed by atoms with Crippen LogP contribution in [0, 0.1) is 0 Å². The van der Waals surface area contributed by atoms with Gasteiger partial charge in [0.25, 0.3) is 5.56 Å². The van der Waals surface area contributed by atoms with Gasteiger partial charge in [-0.15, -0.1) is 0 Å². The van der Waals surface area contributed by atoms with E-state index in [0.717, 1.165) is 16.8 Å². The fraction of sp³-hybridized carbons (Fsp3) is 0.556. The average Bonchev–Trinajstić information content (AvgIpc) is 2.68. The normalized spacial score (nSPS) is 26.3. The van der Waals surface area contributed by atoms with Gasteiger partial charge in [-0.1, -0.05) is 0 Å². The van der Waals surface area contributed by atoms with E-state index < -0.39 is 50.0 Å². The first-order valence-electron chi connectivity index (χ1n) is 5.79. The third-order valence-corrected chi connectivity index (χ3v) is 3.31. The Bertz CT molecular complexity index is 712. The Balaban J connectivity index is 2.24. The summed E-state index contributed by atoms with van der Waals surface area (Å²) in [5, 5.41) is 9.57. The second-order valence-corrected chi connectivity index (χ2v) is 5.64. The Labute approximate surface area is 120 Å². The minimum atomic E-state index is -5.53. The number of phosphoric acid groups is 1. The number of aromatic amines is 1. The van der Waals surface area contributed by atoms with Crippen molar-refractivity contribution in [3.63, 3.8) is 0 Å². The molecule has 22 heavy (non-hydrogen) atoms. The molecule has 0 aliphatic carbocycles. The number of aliphatic hydroxyl groups is 1. The minimum absolute atomic E-state index is 0.475. The van der Waals surface area contributed by atoms with Crippen LogP contribution in [0.5, 0.6) is 0 Å². The van der Waals surface area contributed by atoms with E-state index in [9.17, 15) is 28.0 Å². The topological polar surface area (TPSA) is 151 Å². The first-order valence-corrected chi connectivity index (χ1v) is 7.32. The number of aliphatic hydroxyl groups excluding tert-OH is 1. The molecule has 13 heteroatoms. The Hall–Kier alpha value is -1.43. The van der Waals surface area contributed by atoms with E-state index in [-0.39, 0.29) is 0 Å². The van der Waals surface area contributed by atoms with Crippen molar-refractivity contribution in [3.05, 3.63) is 33.1 Å². The quantitative estimate of drug-likeness (QED) is 0.502. The van der Waals surface area contributed by atoms with E-state index in [1.54, 1.807) is 0 Å². The maximum atomic E-state index is 13.6. The number of phosphoric ester groups is 1. The average molecular weight is 344 g/mol. The highest BCUT2D eigenvalue weighted by atomic mass is 31.2. The van der Waals surface area contributed by atoms with Gasteiger partial charge in [0.2, 0.25) is 0 Å². The fourth-order valence-electron chi connectivity index (χ4n) is 1.99. The summed E-state index contributed by atoms with van der Waals surface area (Å²) in [5.74, 6) is 0. The lowest BCUT2D eigenvalue weighted by Crippen LogP contribution is -2.42. The molecule has 1 aromatic heterocycles. The lowest BCUT2D eigenvalue weighted by molar-refractivity contribution is -0.271. The maximum absolute atomic E-state index is 13.6. The van der Waals surface area contributed by atoms with Crippen LogP contribution in [0.1, 0.15) is 12.6 Å².